The van der Waals surface area contributed by atoms with Gasteiger partial charge in [0.15, 0.2) is 6.19 Å². The van der Waals surface area contributed by atoms with Crippen molar-refractivity contribution in [3.8, 4) is 12.3 Å². The average Bonchev–Trinajstić information content (AvgIpc) is 2.29. The molecule has 3 nitrogen and oxygen atoms in total. The Kier molecular flexibility index (Phi) is 4.75. The number of halogens is 2. The van der Waals surface area contributed by atoms with Gasteiger partial charge in [-0.1, -0.05) is 0 Å². The quantitative estimate of drug-likeness (QED) is 0.484. The minimum absolute atomic E-state index is 0.325. The Morgan fingerprint density at radius 3 is 2.69 bits per heavy atom. The van der Waals surface area contributed by atoms with Crippen LogP contribution in [-0.2, 0) is 0 Å². The summed E-state index contributed by atoms with van der Waals surface area (Å²) in [6, 6.07) is 6.40. The molecule has 0 bridgehead atoms. The molecule has 0 aliphatic carbocycles. The molecule has 0 amide bonds. The average molecular weight is 282 g/mol. The van der Waals surface area contributed by atoms with Gasteiger partial charge < -0.3 is 0 Å². The Morgan fingerprint density at radius 1 is 1.38 bits per heavy atom. The molecule has 0 unspecified atom stereocenters. The zero-order valence-corrected chi connectivity index (χ0v) is 10.0. The van der Waals surface area contributed by atoms with E-state index in [1.54, 1.807) is 6.07 Å². The van der Waals surface area contributed by atoms with Gasteiger partial charge >= 0.3 is 0 Å². The van der Waals surface area contributed by atoms with Crippen molar-refractivity contribution < 1.29 is 4.39 Å². The molecular formula is C11H9BrFN3. The molecule has 0 aromatic heterocycles. The third kappa shape index (κ3) is 3.22. The van der Waals surface area contributed by atoms with Crippen molar-refractivity contribution in [1.29, 1.82) is 10.5 Å². The predicted octanol–water partition coefficient (Wildman–Crippen LogP) is 3.18. The third-order valence-electron chi connectivity index (χ3n) is 2.01. The number of unbranched alkanes of at least 4 members (excludes halogenated alkanes) is 1. The highest BCUT2D eigenvalue weighted by molar-refractivity contribution is 9.10. The fourth-order valence-corrected chi connectivity index (χ4v) is 1.57. The molecule has 0 heterocycles. The Balaban J connectivity index is 2.77. The molecule has 0 saturated heterocycles. The number of nitrogens with zero attached hydrogens (tertiary/aromatic N) is 3. The Bertz CT molecular complexity index is 448. The third-order valence-corrected chi connectivity index (χ3v) is 2.61. The van der Waals surface area contributed by atoms with E-state index in [0.717, 1.165) is 0 Å². The fraction of sp³-hybridized carbons (Fsp3) is 0.273. The second kappa shape index (κ2) is 6.09. The van der Waals surface area contributed by atoms with E-state index < -0.39 is 0 Å². The van der Waals surface area contributed by atoms with Gasteiger partial charge in [-0.05, 0) is 40.5 Å². The summed E-state index contributed by atoms with van der Waals surface area (Å²) in [4.78, 5) is 1.43. The van der Waals surface area contributed by atoms with E-state index in [1.165, 1.54) is 17.0 Å². The van der Waals surface area contributed by atoms with Crippen LogP contribution < -0.4 is 4.90 Å². The monoisotopic (exact) mass is 281 g/mol. The van der Waals surface area contributed by atoms with Crippen molar-refractivity contribution in [3.05, 3.63) is 28.5 Å². The van der Waals surface area contributed by atoms with Gasteiger partial charge in [-0.15, -0.1) is 0 Å². The van der Waals surface area contributed by atoms with E-state index >= 15 is 0 Å². The van der Waals surface area contributed by atoms with Crippen molar-refractivity contribution in [2.45, 2.75) is 12.8 Å². The molecular weight excluding hydrogens is 273 g/mol. The molecule has 0 N–H and O–H groups in total. The van der Waals surface area contributed by atoms with Crippen LogP contribution in [0.1, 0.15) is 12.8 Å². The van der Waals surface area contributed by atoms with Crippen LogP contribution in [0.15, 0.2) is 22.7 Å². The van der Waals surface area contributed by atoms with Crippen LogP contribution >= 0.6 is 15.9 Å². The number of benzene rings is 1. The molecule has 1 aromatic rings. The predicted molar refractivity (Wildman–Crippen MR) is 61.9 cm³/mol. The van der Waals surface area contributed by atoms with Crippen molar-refractivity contribution in [2.75, 3.05) is 11.4 Å². The van der Waals surface area contributed by atoms with Crippen molar-refractivity contribution in [3.63, 3.8) is 0 Å². The topological polar surface area (TPSA) is 50.8 Å². The molecule has 0 aliphatic heterocycles. The summed E-state index contributed by atoms with van der Waals surface area (Å²) in [6.45, 7) is 0.460. The Morgan fingerprint density at radius 2 is 2.12 bits per heavy atom. The standard InChI is InChI=1S/C11H9BrFN3/c12-10-7-9(3-4-11(10)13)16(8-15)6-2-1-5-14/h3-4,7H,1-2,6H2. The van der Waals surface area contributed by atoms with Gasteiger partial charge in [-0.2, -0.15) is 10.5 Å². The summed E-state index contributed by atoms with van der Waals surface area (Å²) >= 11 is 3.06. The van der Waals surface area contributed by atoms with Crippen LogP contribution in [0.2, 0.25) is 0 Å². The summed E-state index contributed by atoms with van der Waals surface area (Å²) in [5, 5.41) is 17.3. The minimum Gasteiger partial charge on any atom is -0.279 e. The molecule has 0 spiro atoms. The summed E-state index contributed by atoms with van der Waals surface area (Å²) in [5.74, 6) is -0.362. The SMILES string of the molecule is N#CCCCN(C#N)c1ccc(F)c(Br)c1. The molecule has 0 radical (unpaired) electrons. The van der Waals surface area contributed by atoms with Gasteiger partial charge in [-0.25, -0.2) is 4.39 Å². The number of hydrogen-bond acceptors (Lipinski definition) is 3. The fourth-order valence-electron chi connectivity index (χ4n) is 1.21. The first-order chi connectivity index (χ1) is 7.69. The molecule has 0 saturated carbocycles. The smallest absolute Gasteiger partial charge is 0.184 e. The lowest BCUT2D eigenvalue weighted by Gasteiger charge is -2.15. The zero-order chi connectivity index (χ0) is 12.0. The summed E-state index contributed by atoms with van der Waals surface area (Å²) in [6.07, 6.45) is 3.02. The van der Waals surface area contributed by atoms with Gasteiger partial charge in [0, 0.05) is 13.0 Å². The first-order valence-electron chi connectivity index (χ1n) is 4.68. The van der Waals surface area contributed by atoms with E-state index in [0.29, 0.717) is 29.5 Å². The van der Waals surface area contributed by atoms with Gasteiger partial charge in [0.05, 0.1) is 16.2 Å². The maximum Gasteiger partial charge on any atom is 0.184 e. The largest absolute Gasteiger partial charge is 0.279 e. The van der Waals surface area contributed by atoms with Crippen LogP contribution in [0.5, 0.6) is 0 Å². The highest BCUT2D eigenvalue weighted by Gasteiger charge is 2.07. The lowest BCUT2D eigenvalue weighted by molar-refractivity contribution is 0.621. The van der Waals surface area contributed by atoms with Crippen LogP contribution in [0, 0.1) is 28.6 Å². The van der Waals surface area contributed by atoms with Gasteiger partial charge in [0.2, 0.25) is 0 Å². The Hall–Kier alpha value is -1.59. The van der Waals surface area contributed by atoms with Gasteiger partial charge in [0.25, 0.3) is 0 Å². The second-order valence-electron chi connectivity index (χ2n) is 3.11. The lowest BCUT2D eigenvalue weighted by Crippen LogP contribution is -2.17. The molecule has 1 aromatic carbocycles. The molecule has 82 valence electrons. The normalized spacial score (nSPS) is 9.25. The van der Waals surface area contributed by atoms with Crippen molar-refractivity contribution in [1.82, 2.24) is 0 Å². The van der Waals surface area contributed by atoms with Gasteiger partial charge in [0.1, 0.15) is 5.82 Å². The molecule has 0 fully saturated rings. The lowest BCUT2D eigenvalue weighted by atomic mass is 10.2. The second-order valence-corrected chi connectivity index (χ2v) is 3.97. The van der Waals surface area contributed by atoms with Crippen molar-refractivity contribution in [2.24, 2.45) is 0 Å². The summed E-state index contributed by atoms with van der Waals surface area (Å²) in [5.41, 5.74) is 0.619. The molecule has 1 rings (SSSR count). The zero-order valence-electron chi connectivity index (χ0n) is 8.45. The van der Waals surface area contributed by atoms with E-state index in [2.05, 4.69) is 15.9 Å². The maximum absolute atomic E-state index is 13.0. The summed E-state index contributed by atoms with van der Waals surface area (Å²) < 4.78 is 13.3. The van der Waals surface area contributed by atoms with Gasteiger partial charge in [-0.3, -0.25) is 4.90 Å². The van der Waals surface area contributed by atoms with E-state index in [4.69, 9.17) is 10.5 Å². The first kappa shape index (κ1) is 12.5. The minimum atomic E-state index is -0.362. The van der Waals surface area contributed by atoms with E-state index in [9.17, 15) is 4.39 Å². The first-order valence-corrected chi connectivity index (χ1v) is 5.47. The van der Waals surface area contributed by atoms with E-state index in [-0.39, 0.29) is 5.82 Å². The molecule has 0 aliphatic rings. The van der Waals surface area contributed by atoms with Crippen LogP contribution in [0.4, 0.5) is 10.1 Å². The highest BCUT2D eigenvalue weighted by Crippen LogP contribution is 2.22. The van der Waals surface area contributed by atoms with Crippen LogP contribution in [0.3, 0.4) is 0 Å². The molecule has 0 atom stereocenters. The molecule has 5 heteroatoms. The van der Waals surface area contributed by atoms with Crippen LogP contribution in [0.25, 0.3) is 0 Å². The number of nitriles is 2. The number of hydrogen-bond donors (Lipinski definition) is 0. The van der Waals surface area contributed by atoms with Crippen LogP contribution in [-0.4, -0.2) is 6.54 Å². The highest BCUT2D eigenvalue weighted by atomic mass is 79.9. The van der Waals surface area contributed by atoms with Crippen molar-refractivity contribution >= 4 is 21.6 Å². The maximum atomic E-state index is 13.0. The summed E-state index contributed by atoms with van der Waals surface area (Å²) in [7, 11) is 0. The number of anilines is 1. The Labute approximate surface area is 102 Å². The van der Waals surface area contributed by atoms with E-state index in [1.807, 2.05) is 12.3 Å². The number of rotatable bonds is 4. The molecule has 16 heavy (non-hydrogen) atoms.